The molecule has 0 aromatic heterocycles. The highest BCUT2D eigenvalue weighted by Crippen LogP contribution is 2.23. The Morgan fingerprint density at radius 1 is 1.08 bits per heavy atom. The zero-order chi connectivity index (χ0) is 17.6. The molecule has 0 N–H and O–H groups in total. The van der Waals surface area contributed by atoms with Crippen molar-refractivity contribution in [3.63, 3.8) is 0 Å². The van der Waals surface area contributed by atoms with Gasteiger partial charge in [-0.25, -0.2) is 0 Å². The third-order valence-corrected chi connectivity index (χ3v) is 5.60. The molecule has 0 spiro atoms. The minimum absolute atomic E-state index is 0.172. The molecule has 1 unspecified atom stereocenters. The quantitative estimate of drug-likeness (QED) is 0.821. The van der Waals surface area contributed by atoms with Crippen LogP contribution in [0.5, 0.6) is 5.75 Å². The summed E-state index contributed by atoms with van der Waals surface area (Å²) in [7, 11) is 3.84. The predicted octanol–water partition coefficient (Wildman–Crippen LogP) is 2.33. The van der Waals surface area contributed by atoms with Crippen molar-refractivity contribution in [3.05, 3.63) is 29.8 Å². The maximum Gasteiger partial charge on any atom is 0.254 e. The van der Waals surface area contributed by atoms with Gasteiger partial charge in [-0.3, -0.25) is 4.79 Å². The Balaban J connectivity index is 1.58. The summed E-state index contributed by atoms with van der Waals surface area (Å²) in [6.07, 6.45) is 4.58. The topological polar surface area (TPSA) is 36.0 Å². The van der Waals surface area contributed by atoms with E-state index in [-0.39, 0.29) is 5.91 Å². The molecule has 25 heavy (non-hydrogen) atoms. The van der Waals surface area contributed by atoms with Crippen LogP contribution in [0.15, 0.2) is 24.3 Å². The molecule has 0 bridgehead atoms. The molecule has 5 nitrogen and oxygen atoms in total. The molecular weight excluding hydrogens is 314 g/mol. The maximum absolute atomic E-state index is 13.0. The van der Waals surface area contributed by atoms with Gasteiger partial charge in [-0.15, -0.1) is 0 Å². The Bertz CT molecular complexity index is 553. The fourth-order valence-corrected chi connectivity index (χ4v) is 3.87. The van der Waals surface area contributed by atoms with Crippen LogP contribution in [-0.4, -0.2) is 80.1 Å². The summed E-state index contributed by atoms with van der Waals surface area (Å²) in [5, 5.41) is 0. The van der Waals surface area contributed by atoms with Crippen molar-refractivity contribution in [2.45, 2.75) is 31.7 Å². The average Bonchev–Trinajstić information content (AvgIpc) is 2.67. The van der Waals surface area contributed by atoms with Gasteiger partial charge < -0.3 is 19.4 Å². The fourth-order valence-electron chi connectivity index (χ4n) is 3.87. The van der Waals surface area contributed by atoms with Crippen molar-refractivity contribution in [1.29, 1.82) is 0 Å². The predicted molar refractivity (Wildman–Crippen MR) is 100 cm³/mol. The third-order valence-electron chi connectivity index (χ3n) is 5.60. The second kappa shape index (κ2) is 8.68. The first-order chi connectivity index (χ1) is 12.2. The molecule has 1 aromatic carbocycles. The van der Waals surface area contributed by atoms with Crippen LogP contribution in [0.3, 0.4) is 0 Å². The Labute approximate surface area is 151 Å². The number of carbonyl (C=O) groups excluding carboxylic acids is 1. The van der Waals surface area contributed by atoms with E-state index in [1.54, 1.807) is 7.11 Å². The van der Waals surface area contributed by atoms with Crippen molar-refractivity contribution < 1.29 is 9.53 Å². The van der Waals surface area contributed by atoms with Crippen LogP contribution in [0.4, 0.5) is 0 Å². The summed E-state index contributed by atoms with van der Waals surface area (Å²) in [6.45, 7) is 6.59. The molecule has 3 rings (SSSR count). The van der Waals surface area contributed by atoms with E-state index in [2.05, 4.69) is 21.7 Å². The summed E-state index contributed by atoms with van der Waals surface area (Å²) < 4.78 is 5.19. The Hall–Kier alpha value is -1.59. The molecule has 138 valence electrons. The first-order valence-electron chi connectivity index (χ1n) is 9.53. The summed E-state index contributed by atoms with van der Waals surface area (Å²) >= 11 is 0. The van der Waals surface area contributed by atoms with Gasteiger partial charge >= 0.3 is 0 Å². The van der Waals surface area contributed by atoms with Gasteiger partial charge in [0.25, 0.3) is 5.91 Å². The minimum Gasteiger partial charge on any atom is -0.497 e. The zero-order valence-electron chi connectivity index (χ0n) is 15.6. The Morgan fingerprint density at radius 2 is 1.80 bits per heavy atom. The molecule has 1 amide bonds. The third kappa shape index (κ3) is 4.73. The zero-order valence-corrected chi connectivity index (χ0v) is 15.6. The number of likely N-dealkylation sites (N-methyl/N-ethyl adjacent to an activating group) is 1. The number of nitrogens with zero attached hydrogens (tertiary/aromatic N) is 3. The van der Waals surface area contributed by atoms with Crippen molar-refractivity contribution in [2.24, 2.45) is 0 Å². The van der Waals surface area contributed by atoms with Crippen molar-refractivity contribution in [2.75, 3.05) is 53.4 Å². The van der Waals surface area contributed by atoms with E-state index in [1.165, 1.54) is 6.42 Å². The number of ether oxygens (including phenoxy) is 1. The normalized spacial score (nSPS) is 22.8. The van der Waals surface area contributed by atoms with E-state index in [9.17, 15) is 4.79 Å². The van der Waals surface area contributed by atoms with Crippen LogP contribution >= 0.6 is 0 Å². The number of rotatable bonds is 5. The number of piperidine rings is 1. The number of hydrogen-bond acceptors (Lipinski definition) is 4. The molecule has 2 saturated heterocycles. The molecule has 5 heteroatoms. The molecular formula is C20H31N3O2. The van der Waals surface area contributed by atoms with E-state index in [0.29, 0.717) is 6.04 Å². The molecule has 1 atom stereocenters. The molecule has 1 aromatic rings. The SMILES string of the molecule is COc1ccc(C(=O)N2CCCCC2CCN2CCN(C)CC2)cc1. The number of hydrogen-bond donors (Lipinski definition) is 0. The van der Waals surface area contributed by atoms with Crippen LogP contribution < -0.4 is 4.74 Å². The number of amides is 1. The molecule has 2 aliphatic rings. The highest BCUT2D eigenvalue weighted by molar-refractivity contribution is 5.94. The standard InChI is InChI=1S/C20H31N3O2/c1-21-13-15-22(16-14-21)12-10-18-5-3-4-11-23(18)20(24)17-6-8-19(25-2)9-7-17/h6-9,18H,3-5,10-16H2,1-2H3. The van der Waals surface area contributed by atoms with Crippen LogP contribution in [0.1, 0.15) is 36.0 Å². The number of methoxy groups -OCH3 is 1. The number of benzene rings is 1. The van der Waals surface area contributed by atoms with Gasteiger partial charge in [0.2, 0.25) is 0 Å². The summed E-state index contributed by atoms with van der Waals surface area (Å²) in [5.41, 5.74) is 0.771. The molecule has 0 radical (unpaired) electrons. The average molecular weight is 345 g/mol. The smallest absolute Gasteiger partial charge is 0.254 e. The summed E-state index contributed by atoms with van der Waals surface area (Å²) in [5.74, 6) is 0.965. The largest absolute Gasteiger partial charge is 0.497 e. The minimum atomic E-state index is 0.172. The van der Waals surface area contributed by atoms with E-state index >= 15 is 0 Å². The number of carbonyl (C=O) groups is 1. The lowest BCUT2D eigenvalue weighted by molar-refractivity contribution is 0.0570. The van der Waals surface area contributed by atoms with E-state index in [1.807, 2.05) is 24.3 Å². The molecule has 2 aliphatic heterocycles. The highest BCUT2D eigenvalue weighted by atomic mass is 16.5. The second-order valence-corrected chi connectivity index (χ2v) is 7.31. The highest BCUT2D eigenvalue weighted by Gasteiger charge is 2.28. The number of likely N-dealkylation sites (tertiary alicyclic amines) is 1. The lowest BCUT2D eigenvalue weighted by Crippen LogP contribution is -2.48. The summed E-state index contributed by atoms with van der Waals surface area (Å²) in [4.78, 5) is 20.0. The van der Waals surface area contributed by atoms with Gasteiger partial charge in [0.1, 0.15) is 5.75 Å². The Kier molecular flexibility index (Phi) is 6.32. The van der Waals surface area contributed by atoms with Gasteiger partial charge in [0, 0.05) is 50.9 Å². The van der Waals surface area contributed by atoms with Gasteiger partial charge in [-0.05, 0) is 57.0 Å². The van der Waals surface area contributed by atoms with Gasteiger partial charge in [0.15, 0.2) is 0 Å². The first-order valence-corrected chi connectivity index (χ1v) is 9.53. The van der Waals surface area contributed by atoms with Crippen LogP contribution in [0.25, 0.3) is 0 Å². The van der Waals surface area contributed by atoms with Gasteiger partial charge in [-0.2, -0.15) is 0 Å². The van der Waals surface area contributed by atoms with E-state index in [0.717, 1.165) is 69.8 Å². The number of piperazine rings is 1. The molecule has 2 fully saturated rings. The van der Waals surface area contributed by atoms with Crippen molar-refractivity contribution >= 4 is 5.91 Å². The van der Waals surface area contributed by atoms with Crippen molar-refractivity contribution in [1.82, 2.24) is 14.7 Å². The first kappa shape index (κ1) is 18.2. The molecule has 0 aliphatic carbocycles. The van der Waals surface area contributed by atoms with E-state index in [4.69, 9.17) is 4.74 Å². The lowest BCUT2D eigenvalue weighted by atomic mass is 9.97. The fraction of sp³-hybridized carbons (Fsp3) is 0.650. The van der Waals surface area contributed by atoms with Gasteiger partial charge in [-0.1, -0.05) is 0 Å². The van der Waals surface area contributed by atoms with Crippen LogP contribution in [-0.2, 0) is 0 Å². The Morgan fingerprint density at radius 3 is 2.48 bits per heavy atom. The summed E-state index contributed by atoms with van der Waals surface area (Å²) in [6, 6.07) is 7.89. The lowest BCUT2D eigenvalue weighted by Gasteiger charge is -2.38. The van der Waals surface area contributed by atoms with E-state index < -0.39 is 0 Å². The monoisotopic (exact) mass is 345 g/mol. The second-order valence-electron chi connectivity index (χ2n) is 7.31. The molecule has 0 saturated carbocycles. The maximum atomic E-state index is 13.0. The van der Waals surface area contributed by atoms with Crippen LogP contribution in [0, 0.1) is 0 Å². The molecule has 2 heterocycles. The van der Waals surface area contributed by atoms with Gasteiger partial charge in [0.05, 0.1) is 7.11 Å². The van der Waals surface area contributed by atoms with Crippen molar-refractivity contribution in [3.8, 4) is 5.75 Å². The van der Waals surface area contributed by atoms with Crippen LogP contribution in [0.2, 0.25) is 0 Å².